The van der Waals surface area contributed by atoms with Gasteiger partial charge in [-0.05, 0) is 17.5 Å². The minimum Gasteiger partial charge on any atom is -0.221 e. The van der Waals surface area contributed by atoms with E-state index in [2.05, 4.69) is 30.0 Å². The van der Waals surface area contributed by atoms with Crippen molar-refractivity contribution in [2.75, 3.05) is 0 Å². The standard InChI is InChI=1S/C9H11N3.C2H6/c1-7(2)8-3-4-9-10-6-11-12(9)5-8;1-2/h3-7H,1-2H3;1-2H3. The largest absolute Gasteiger partial charge is 0.221 e. The number of pyridine rings is 1. The molecule has 0 aromatic carbocycles. The molecule has 0 aliphatic carbocycles. The van der Waals surface area contributed by atoms with Crippen LogP contribution in [0.4, 0.5) is 0 Å². The molecule has 0 atom stereocenters. The Bertz CT molecular complexity index is 390. The molecule has 3 nitrogen and oxygen atoms in total. The van der Waals surface area contributed by atoms with Gasteiger partial charge in [-0.2, -0.15) is 5.10 Å². The van der Waals surface area contributed by atoms with E-state index < -0.39 is 0 Å². The van der Waals surface area contributed by atoms with Crippen LogP contribution in [0.3, 0.4) is 0 Å². The van der Waals surface area contributed by atoms with Gasteiger partial charge in [0.15, 0.2) is 5.65 Å². The summed E-state index contributed by atoms with van der Waals surface area (Å²) in [7, 11) is 0. The summed E-state index contributed by atoms with van der Waals surface area (Å²) in [4.78, 5) is 4.07. The second-order valence-electron chi connectivity index (χ2n) is 3.18. The van der Waals surface area contributed by atoms with Crippen LogP contribution in [-0.4, -0.2) is 14.6 Å². The Morgan fingerprint density at radius 2 is 1.93 bits per heavy atom. The molecule has 3 heteroatoms. The first kappa shape index (κ1) is 10.7. The van der Waals surface area contributed by atoms with Crippen molar-refractivity contribution in [1.29, 1.82) is 0 Å². The topological polar surface area (TPSA) is 30.2 Å². The maximum atomic E-state index is 4.07. The molecular weight excluding hydrogens is 174 g/mol. The third-order valence-electron chi connectivity index (χ3n) is 1.96. The molecule has 0 spiro atoms. The zero-order chi connectivity index (χ0) is 10.6. The summed E-state index contributed by atoms with van der Waals surface area (Å²) in [5.74, 6) is 0.540. The van der Waals surface area contributed by atoms with Gasteiger partial charge < -0.3 is 0 Å². The molecule has 76 valence electrons. The maximum Gasteiger partial charge on any atom is 0.155 e. The second-order valence-corrected chi connectivity index (χ2v) is 3.18. The lowest BCUT2D eigenvalue weighted by Gasteiger charge is -2.03. The van der Waals surface area contributed by atoms with Gasteiger partial charge in [0.2, 0.25) is 0 Å². The zero-order valence-corrected chi connectivity index (χ0v) is 9.23. The predicted molar refractivity (Wildman–Crippen MR) is 58.4 cm³/mol. The van der Waals surface area contributed by atoms with Gasteiger partial charge in [0, 0.05) is 6.20 Å². The highest BCUT2D eigenvalue weighted by Gasteiger charge is 2.00. The van der Waals surface area contributed by atoms with E-state index in [4.69, 9.17) is 0 Å². The fraction of sp³-hybridized carbons (Fsp3) is 0.455. The fourth-order valence-electron chi connectivity index (χ4n) is 1.17. The first-order valence-electron chi connectivity index (χ1n) is 5.06. The summed E-state index contributed by atoms with van der Waals surface area (Å²) in [6, 6.07) is 4.08. The Balaban J connectivity index is 0.000000461. The molecule has 0 bridgehead atoms. The molecule has 0 radical (unpaired) electrons. The average Bonchev–Trinajstić information content (AvgIpc) is 2.67. The van der Waals surface area contributed by atoms with Gasteiger partial charge in [-0.15, -0.1) is 0 Å². The summed E-state index contributed by atoms with van der Waals surface area (Å²) in [5.41, 5.74) is 2.19. The van der Waals surface area contributed by atoms with Gasteiger partial charge in [0.05, 0.1) is 0 Å². The summed E-state index contributed by atoms with van der Waals surface area (Å²) < 4.78 is 1.80. The molecule has 0 saturated carbocycles. The van der Waals surface area contributed by atoms with E-state index in [9.17, 15) is 0 Å². The Morgan fingerprint density at radius 3 is 2.57 bits per heavy atom. The molecule has 0 N–H and O–H groups in total. The van der Waals surface area contributed by atoms with Crippen LogP contribution in [0.1, 0.15) is 39.2 Å². The molecule has 0 saturated heterocycles. The van der Waals surface area contributed by atoms with E-state index in [1.54, 1.807) is 10.8 Å². The lowest BCUT2D eigenvalue weighted by Crippen LogP contribution is -1.93. The van der Waals surface area contributed by atoms with Crippen molar-refractivity contribution < 1.29 is 0 Å². The smallest absolute Gasteiger partial charge is 0.155 e. The SMILES string of the molecule is CC.CC(C)c1ccc2ncnn2c1. The fourth-order valence-corrected chi connectivity index (χ4v) is 1.17. The molecule has 0 aliphatic rings. The third kappa shape index (κ3) is 2.10. The molecule has 0 aliphatic heterocycles. The van der Waals surface area contributed by atoms with E-state index in [-0.39, 0.29) is 0 Å². The quantitative estimate of drug-likeness (QED) is 0.693. The Hall–Kier alpha value is -1.38. The van der Waals surface area contributed by atoms with Crippen molar-refractivity contribution in [2.24, 2.45) is 0 Å². The van der Waals surface area contributed by atoms with Crippen molar-refractivity contribution in [2.45, 2.75) is 33.6 Å². The Kier molecular flexibility index (Phi) is 3.63. The van der Waals surface area contributed by atoms with Crippen LogP contribution >= 0.6 is 0 Å². The van der Waals surface area contributed by atoms with Crippen LogP contribution < -0.4 is 0 Å². The number of fused-ring (bicyclic) bond motifs is 1. The molecule has 0 fully saturated rings. The molecule has 0 amide bonds. The summed E-state index contributed by atoms with van der Waals surface area (Å²) >= 11 is 0. The van der Waals surface area contributed by atoms with Crippen molar-refractivity contribution in [3.63, 3.8) is 0 Å². The van der Waals surface area contributed by atoms with E-state index in [0.29, 0.717) is 5.92 Å². The second kappa shape index (κ2) is 4.74. The molecule has 2 heterocycles. The predicted octanol–water partition coefficient (Wildman–Crippen LogP) is 2.88. The number of rotatable bonds is 1. The highest BCUT2D eigenvalue weighted by molar-refractivity contribution is 5.37. The number of aromatic nitrogens is 3. The number of nitrogens with zero attached hydrogens (tertiary/aromatic N) is 3. The number of hydrogen-bond donors (Lipinski definition) is 0. The van der Waals surface area contributed by atoms with Gasteiger partial charge in [-0.1, -0.05) is 33.8 Å². The van der Waals surface area contributed by atoms with Gasteiger partial charge in [0.1, 0.15) is 6.33 Å². The molecule has 2 rings (SSSR count). The van der Waals surface area contributed by atoms with Gasteiger partial charge in [0.25, 0.3) is 0 Å². The summed E-state index contributed by atoms with van der Waals surface area (Å²) in [6.45, 7) is 8.33. The molecule has 2 aromatic heterocycles. The third-order valence-corrected chi connectivity index (χ3v) is 1.96. The maximum absolute atomic E-state index is 4.07. The molecule has 2 aromatic rings. The van der Waals surface area contributed by atoms with Crippen LogP contribution in [0.2, 0.25) is 0 Å². The van der Waals surface area contributed by atoms with Crippen molar-refractivity contribution in [3.05, 3.63) is 30.2 Å². The molecule has 0 unspecified atom stereocenters. The normalized spacial score (nSPS) is 10.1. The van der Waals surface area contributed by atoms with Crippen LogP contribution in [0.25, 0.3) is 5.65 Å². The van der Waals surface area contributed by atoms with Crippen molar-refractivity contribution in [3.8, 4) is 0 Å². The zero-order valence-electron chi connectivity index (χ0n) is 9.23. The van der Waals surface area contributed by atoms with Crippen LogP contribution in [-0.2, 0) is 0 Å². The molecular formula is C11H17N3. The Labute approximate surface area is 84.8 Å². The minimum absolute atomic E-state index is 0.540. The van der Waals surface area contributed by atoms with E-state index in [1.807, 2.05) is 26.1 Å². The van der Waals surface area contributed by atoms with Crippen LogP contribution in [0.5, 0.6) is 0 Å². The van der Waals surface area contributed by atoms with E-state index in [0.717, 1.165) is 5.65 Å². The minimum atomic E-state index is 0.540. The number of hydrogen-bond acceptors (Lipinski definition) is 2. The van der Waals surface area contributed by atoms with E-state index in [1.165, 1.54) is 5.56 Å². The highest BCUT2D eigenvalue weighted by Crippen LogP contribution is 2.13. The van der Waals surface area contributed by atoms with Crippen molar-refractivity contribution >= 4 is 5.65 Å². The van der Waals surface area contributed by atoms with E-state index >= 15 is 0 Å². The lowest BCUT2D eigenvalue weighted by molar-refractivity contribution is 0.835. The van der Waals surface area contributed by atoms with Crippen LogP contribution in [0.15, 0.2) is 24.7 Å². The lowest BCUT2D eigenvalue weighted by atomic mass is 10.1. The van der Waals surface area contributed by atoms with Gasteiger partial charge in [-0.25, -0.2) is 9.50 Å². The van der Waals surface area contributed by atoms with Gasteiger partial charge in [-0.3, -0.25) is 0 Å². The first-order chi connectivity index (χ1) is 6.77. The monoisotopic (exact) mass is 191 g/mol. The average molecular weight is 191 g/mol. The van der Waals surface area contributed by atoms with Crippen molar-refractivity contribution in [1.82, 2.24) is 14.6 Å². The Morgan fingerprint density at radius 1 is 1.21 bits per heavy atom. The van der Waals surface area contributed by atoms with Gasteiger partial charge >= 0.3 is 0 Å². The summed E-state index contributed by atoms with van der Waals surface area (Å²) in [5, 5.41) is 4.07. The van der Waals surface area contributed by atoms with Crippen LogP contribution in [0, 0.1) is 0 Å². The summed E-state index contributed by atoms with van der Waals surface area (Å²) in [6.07, 6.45) is 3.59. The molecule has 14 heavy (non-hydrogen) atoms. The first-order valence-corrected chi connectivity index (χ1v) is 5.06. The highest BCUT2D eigenvalue weighted by atomic mass is 15.3.